The van der Waals surface area contributed by atoms with Crippen LogP contribution in [-0.2, 0) is 9.53 Å². The van der Waals surface area contributed by atoms with Crippen LogP contribution in [0.25, 0.3) is 11.1 Å². The molecule has 1 aliphatic heterocycles. The molecule has 1 heterocycles. The average molecular weight is 352 g/mol. The smallest absolute Gasteiger partial charge is 0.407 e. The molecule has 3 N–H and O–H groups in total. The fourth-order valence-corrected chi connectivity index (χ4v) is 3.78. The number of amides is 2. The van der Waals surface area contributed by atoms with Gasteiger partial charge in [0.15, 0.2) is 0 Å². The molecular weight excluding hydrogens is 332 g/mol. The summed E-state index contributed by atoms with van der Waals surface area (Å²) >= 11 is 0. The van der Waals surface area contributed by atoms with Gasteiger partial charge < -0.3 is 20.5 Å². The Balaban J connectivity index is 1.43. The molecule has 134 valence electrons. The monoisotopic (exact) mass is 352 g/mol. The molecule has 26 heavy (non-hydrogen) atoms. The van der Waals surface area contributed by atoms with Crippen molar-refractivity contribution in [2.45, 2.75) is 24.4 Å². The summed E-state index contributed by atoms with van der Waals surface area (Å²) in [5.41, 5.74) is 4.61. The maximum Gasteiger partial charge on any atom is 0.407 e. The van der Waals surface area contributed by atoms with Crippen LogP contribution in [0.3, 0.4) is 0 Å². The molecule has 2 aromatic rings. The normalized spacial score (nSPS) is 21.0. The van der Waals surface area contributed by atoms with Crippen molar-refractivity contribution in [2.24, 2.45) is 0 Å². The topological polar surface area (TPSA) is 87.7 Å². The first-order valence-electron chi connectivity index (χ1n) is 8.70. The van der Waals surface area contributed by atoms with E-state index in [9.17, 15) is 9.59 Å². The van der Waals surface area contributed by atoms with Crippen LogP contribution in [0, 0.1) is 0 Å². The number of hydrogen-bond donors (Lipinski definition) is 3. The van der Waals surface area contributed by atoms with E-state index in [4.69, 9.17) is 9.84 Å². The van der Waals surface area contributed by atoms with Gasteiger partial charge in [0.2, 0.25) is 5.91 Å². The number of fused-ring (bicyclic) bond motifs is 3. The van der Waals surface area contributed by atoms with Crippen LogP contribution in [0.15, 0.2) is 48.5 Å². The summed E-state index contributed by atoms with van der Waals surface area (Å²) in [6.45, 7) is 0.0617. The lowest BCUT2D eigenvalue weighted by Gasteiger charge is -2.16. The van der Waals surface area contributed by atoms with E-state index in [1.165, 1.54) is 0 Å². The van der Waals surface area contributed by atoms with Crippen LogP contribution < -0.4 is 10.6 Å². The highest BCUT2D eigenvalue weighted by atomic mass is 16.5. The molecule has 0 radical (unpaired) electrons. The van der Waals surface area contributed by atoms with E-state index in [-0.39, 0.29) is 31.1 Å². The van der Waals surface area contributed by atoms with Crippen molar-refractivity contribution < 1.29 is 19.4 Å². The third kappa shape index (κ3) is 2.93. The van der Waals surface area contributed by atoms with Crippen LogP contribution in [0.2, 0.25) is 0 Å². The Morgan fingerprint density at radius 3 is 2.31 bits per heavy atom. The van der Waals surface area contributed by atoms with Crippen molar-refractivity contribution in [2.75, 3.05) is 13.2 Å². The van der Waals surface area contributed by atoms with Gasteiger partial charge in [-0.15, -0.1) is 0 Å². The van der Waals surface area contributed by atoms with Gasteiger partial charge in [0, 0.05) is 5.92 Å². The fourth-order valence-electron chi connectivity index (χ4n) is 3.78. The molecule has 1 aliphatic carbocycles. The molecule has 0 unspecified atom stereocenters. The lowest BCUT2D eigenvalue weighted by molar-refractivity contribution is -0.121. The second-order valence-corrected chi connectivity index (χ2v) is 6.65. The predicted octanol–water partition coefficient (Wildman–Crippen LogP) is 1.77. The number of alkyl carbamates (subject to hydrolysis) is 1. The van der Waals surface area contributed by atoms with Gasteiger partial charge >= 0.3 is 6.09 Å². The van der Waals surface area contributed by atoms with Crippen LogP contribution in [-0.4, -0.2) is 42.4 Å². The molecule has 0 aromatic heterocycles. The number of carbonyl (C=O) groups is 2. The first-order chi connectivity index (χ1) is 12.7. The van der Waals surface area contributed by atoms with Crippen molar-refractivity contribution in [3.05, 3.63) is 59.7 Å². The van der Waals surface area contributed by atoms with E-state index < -0.39 is 12.1 Å². The first-order valence-corrected chi connectivity index (χ1v) is 8.70. The Morgan fingerprint density at radius 1 is 1.12 bits per heavy atom. The Hall–Kier alpha value is -2.86. The summed E-state index contributed by atoms with van der Waals surface area (Å²) in [4.78, 5) is 23.9. The van der Waals surface area contributed by atoms with Gasteiger partial charge in [-0.25, -0.2) is 4.79 Å². The van der Waals surface area contributed by atoms with Gasteiger partial charge in [0.25, 0.3) is 0 Å². The molecule has 6 nitrogen and oxygen atoms in total. The summed E-state index contributed by atoms with van der Waals surface area (Å²) in [5, 5.41) is 14.3. The standard InChI is InChI=1S/C20H20N2O4/c23-10-12-9-18(19(24)21-12)22-20(25)26-11-17-15-7-3-1-5-13(15)14-6-2-4-8-16(14)17/h1-8,12,17-18,23H,9-11H2,(H,21,24)(H,22,25)/t12-,18+/m1/s1. The van der Waals surface area contributed by atoms with E-state index in [1.54, 1.807) is 0 Å². The molecule has 4 rings (SSSR count). The molecule has 2 amide bonds. The van der Waals surface area contributed by atoms with Crippen LogP contribution in [0.1, 0.15) is 23.5 Å². The second-order valence-electron chi connectivity index (χ2n) is 6.65. The van der Waals surface area contributed by atoms with E-state index in [0.29, 0.717) is 6.42 Å². The first kappa shape index (κ1) is 16.6. The molecule has 6 heteroatoms. The Bertz CT molecular complexity index is 806. The van der Waals surface area contributed by atoms with Gasteiger partial charge in [-0.05, 0) is 28.7 Å². The lowest BCUT2D eigenvalue weighted by atomic mass is 9.98. The summed E-state index contributed by atoms with van der Waals surface area (Å²) < 4.78 is 5.43. The predicted molar refractivity (Wildman–Crippen MR) is 95.6 cm³/mol. The minimum absolute atomic E-state index is 0.0178. The van der Waals surface area contributed by atoms with Gasteiger partial charge in [-0.3, -0.25) is 4.79 Å². The minimum Gasteiger partial charge on any atom is -0.449 e. The fraction of sp³-hybridized carbons (Fsp3) is 0.300. The number of hydrogen-bond acceptors (Lipinski definition) is 4. The molecule has 0 saturated carbocycles. The van der Waals surface area contributed by atoms with Gasteiger partial charge in [-0.2, -0.15) is 0 Å². The van der Waals surface area contributed by atoms with Crippen molar-refractivity contribution in [3.63, 3.8) is 0 Å². The van der Waals surface area contributed by atoms with E-state index in [0.717, 1.165) is 22.3 Å². The van der Waals surface area contributed by atoms with Gasteiger partial charge in [-0.1, -0.05) is 48.5 Å². The summed E-state index contributed by atoms with van der Waals surface area (Å²) in [7, 11) is 0. The SMILES string of the molecule is O=C(N[C@H]1C[C@H](CO)NC1=O)OCC1c2ccccc2-c2ccccc21. The average Bonchev–Trinajstić information content (AvgIpc) is 3.18. The number of aliphatic hydroxyl groups is 1. The molecule has 2 atom stereocenters. The Morgan fingerprint density at radius 2 is 1.73 bits per heavy atom. The molecule has 2 aliphatic rings. The third-order valence-electron chi connectivity index (χ3n) is 5.04. The quantitative estimate of drug-likeness (QED) is 0.783. The lowest BCUT2D eigenvalue weighted by Crippen LogP contribution is -2.40. The molecule has 0 bridgehead atoms. The maximum absolute atomic E-state index is 12.1. The number of rotatable bonds is 4. The summed E-state index contributed by atoms with van der Waals surface area (Å²) in [5.74, 6) is -0.312. The largest absolute Gasteiger partial charge is 0.449 e. The number of ether oxygens (including phenoxy) is 1. The second kappa shape index (κ2) is 6.80. The number of aliphatic hydroxyl groups excluding tert-OH is 1. The van der Waals surface area contributed by atoms with Crippen molar-refractivity contribution >= 4 is 12.0 Å². The third-order valence-corrected chi connectivity index (χ3v) is 5.04. The molecular formula is C20H20N2O4. The van der Waals surface area contributed by atoms with Crippen molar-refractivity contribution in [3.8, 4) is 11.1 Å². The van der Waals surface area contributed by atoms with E-state index >= 15 is 0 Å². The summed E-state index contributed by atoms with van der Waals surface area (Å²) in [6, 6.07) is 15.2. The summed E-state index contributed by atoms with van der Waals surface area (Å²) in [6.07, 6.45) is -0.259. The highest BCUT2D eigenvalue weighted by molar-refractivity contribution is 5.88. The van der Waals surface area contributed by atoms with Gasteiger partial charge in [0.05, 0.1) is 12.6 Å². The number of nitrogens with one attached hydrogen (secondary N) is 2. The highest BCUT2D eigenvalue weighted by Crippen LogP contribution is 2.44. The van der Waals surface area contributed by atoms with Crippen LogP contribution in [0.4, 0.5) is 4.79 Å². The minimum atomic E-state index is -0.664. The van der Waals surface area contributed by atoms with Crippen LogP contribution in [0.5, 0.6) is 0 Å². The molecule has 1 fully saturated rings. The molecule has 1 saturated heterocycles. The molecule has 0 spiro atoms. The molecule has 2 aromatic carbocycles. The van der Waals surface area contributed by atoms with E-state index in [2.05, 4.69) is 34.9 Å². The van der Waals surface area contributed by atoms with Crippen LogP contribution >= 0.6 is 0 Å². The number of carbonyl (C=O) groups excluding carboxylic acids is 2. The Labute approximate surface area is 151 Å². The Kier molecular flexibility index (Phi) is 4.34. The zero-order chi connectivity index (χ0) is 18.1. The maximum atomic E-state index is 12.1. The zero-order valence-corrected chi connectivity index (χ0v) is 14.1. The van der Waals surface area contributed by atoms with E-state index in [1.807, 2.05) is 24.3 Å². The van der Waals surface area contributed by atoms with Crippen molar-refractivity contribution in [1.29, 1.82) is 0 Å². The van der Waals surface area contributed by atoms with Gasteiger partial charge in [0.1, 0.15) is 12.6 Å². The van der Waals surface area contributed by atoms with Crippen molar-refractivity contribution in [1.82, 2.24) is 10.6 Å². The highest BCUT2D eigenvalue weighted by Gasteiger charge is 2.34. The zero-order valence-electron chi connectivity index (χ0n) is 14.1. The number of benzene rings is 2.